The van der Waals surface area contributed by atoms with E-state index in [0.29, 0.717) is 41.1 Å². The van der Waals surface area contributed by atoms with Gasteiger partial charge in [0.05, 0.1) is 24.8 Å². The largest absolute Gasteiger partial charge is 0.508 e. The van der Waals surface area contributed by atoms with E-state index in [0.717, 1.165) is 27.9 Å². The Morgan fingerprint density at radius 2 is 1.38 bits per heavy atom. The van der Waals surface area contributed by atoms with E-state index < -0.39 is 43.2 Å². The van der Waals surface area contributed by atoms with Gasteiger partial charge < -0.3 is 45.2 Å². The van der Waals surface area contributed by atoms with E-state index in [-0.39, 0.29) is 23.7 Å². The number of rotatable bonds is 11. The normalized spacial score (nSPS) is 24.6. The lowest BCUT2D eigenvalue weighted by Crippen LogP contribution is -2.55. The van der Waals surface area contributed by atoms with Gasteiger partial charge in [-0.3, -0.25) is 0 Å². The summed E-state index contributed by atoms with van der Waals surface area (Å²) in [4.78, 5) is 4.13. The minimum Gasteiger partial charge on any atom is -0.508 e. The van der Waals surface area contributed by atoms with Crippen molar-refractivity contribution in [3.63, 3.8) is 0 Å². The average molecular weight is 765 g/mol. The van der Waals surface area contributed by atoms with E-state index in [4.69, 9.17) is 17.0 Å². The topological polar surface area (TPSA) is 137 Å². The summed E-state index contributed by atoms with van der Waals surface area (Å²) in [6.45, 7) is -0.512. The zero-order valence-electron chi connectivity index (χ0n) is 30.3. The maximum atomic E-state index is 13.5. The molecule has 0 aliphatic carbocycles. The highest BCUT2D eigenvalue weighted by Crippen LogP contribution is 2.45. The first-order chi connectivity index (χ1) is 26.5. The highest BCUT2D eigenvalue weighted by molar-refractivity contribution is 7.80. The summed E-state index contributed by atoms with van der Waals surface area (Å²) >= 11 is 6.08. The van der Waals surface area contributed by atoms with E-state index >= 15 is 0 Å². The van der Waals surface area contributed by atoms with Crippen molar-refractivity contribution in [3.8, 4) is 28.0 Å². The number of aromatic hydroxyl groups is 1. The maximum Gasteiger partial charge on any atom is 0.176 e. The Labute approximate surface area is 325 Å². The van der Waals surface area contributed by atoms with E-state index in [1.165, 1.54) is 12.1 Å². The van der Waals surface area contributed by atoms with Crippen LogP contribution in [0.4, 0.5) is 10.1 Å². The zero-order chi connectivity index (χ0) is 38.8. The molecule has 5 aromatic rings. The molecule has 7 rings (SSSR count). The molecular formula is C44H45FN2O7S. The lowest BCUT2D eigenvalue weighted by Gasteiger charge is -2.40. The van der Waals surface area contributed by atoms with Crippen molar-refractivity contribution in [2.24, 2.45) is 0 Å². The second-order valence-electron chi connectivity index (χ2n) is 14.3. The summed E-state index contributed by atoms with van der Waals surface area (Å²) < 4.78 is 19.2. The van der Waals surface area contributed by atoms with E-state index in [9.17, 15) is 35.0 Å². The van der Waals surface area contributed by atoms with Gasteiger partial charge in [-0.2, -0.15) is 0 Å². The van der Waals surface area contributed by atoms with Crippen LogP contribution in [0.2, 0.25) is 0 Å². The first-order valence-electron chi connectivity index (χ1n) is 18.4. The third kappa shape index (κ3) is 7.87. The Morgan fingerprint density at radius 1 is 0.764 bits per heavy atom. The van der Waals surface area contributed by atoms with Gasteiger partial charge in [-0.15, -0.1) is 0 Å². The van der Waals surface area contributed by atoms with Crippen molar-refractivity contribution < 1.29 is 39.8 Å². The molecule has 9 nitrogen and oxygen atoms in total. The summed E-state index contributed by atoms with van der Waals surface area (Å²) in [5.41, 5.74) is 6.47. The molecule has 0 amide bonds. The molecule has 2 saturated heterocycles. The molecule has 0 spiro atoms. The molecule has 8 atom stereocenters. The highest BCUT2D eigenvalue weighted by Gasteiger charge is 2.45. The molecule has 0 bridgehead atoms. The molecule has 0 unspecified atom stereocenters. The second kappa shape index (κ2) is 16.6. The van der Waals surface area contributed by atoms with Crippen LogP contribution in [0.5, 0.6) is 5.75 Å². The number of hydrogen-bond donors (Lipinski definition) is 6. The Balaban J connectivity index is 1.17. The molecular weight excluding hydrogens is 720 g/mol. The van der Waals surface area contributed by atoms with Crippen LogP contribution in [0.1, 0.15) is 54.2 Å². The minimum atomic E-state index is -1.48. The standard InChI is InChI=1S/C44H45FN2O7S/c1-46-35(8-5-9-36(49)29-14-19-32(45)20-15-29)39(47(44(46)55)33-21-16-27(17-22-33)26-6-3-2-4-7-26)34-23-18-31(24-37(34)50)28-10-12-30(13-11-28)43-42(53)41(52)40(51)38(25-48)54-43/h2-4,6-7,10-24,35-36,38-43,48-53H,5,8-9,25H2,1H3/t35-,36-,38-,39-,40-,41+,42-,43+/m1/s1. The van der Waals surface area contributed by atoms with Crippen LogP contribution < -0.4 is 4.90 Å². The van der Waals surface area contributed by atoms with Gasteiger partial charge in [-0.25, -0.2) is 4.39 Å². The highest BCUT2D eigenvalue weighted by atomic mass is 32.1. The van der Waals surface area contributed by atoms with Crippen molar-refractivity contribution in [1.82, 2.24) is 4.90 Å². The van der Waals surface area contributed by atoms with Crippen LogP contribution >= 0.6 is 12.2 Å². The molecule has 2 fully saturated rings. The summed E-state index contributed by atoms with van der Waals surface area (Å²) in [7, 11) is 1.96. The smallest absolute Gasteiger partial charge is 0.176 e. The third-order valence-electron chi connectivity index (χ3n) is 10.9. The number of aliphatic hydroxyl groups excluding tert-OH is 5. The quantitative estimate of drug-likeness (QED) is 0.0836. The van der Waals surface area contributed by atoms with Crippen LogP contribution in [-0.4, -0.2) is 84.8 Å². The minimum absolute atomic E-state index is 0.0841. The van der Waals surface area contributed by atoms with Gasteiger partial charge in [0, 0.05) is 18.3 Å². The van der Waals surface area contributed by atoms with Gasteiger partial charge in [0.15, 0.2) is 5.11 Å². The van der Waals surface area contributed by atoms with E-state index in [2.05, 4.69) is 34.1 Å². The number of benzene rings is 5. The molecule has 0 aromatic heterocycles. The second-order valence-corrected chi connectivity index (χ2v) is 14.7. The van der Waals surface area contributed by atoms with Crippen molar-refractivity contribution in [3.05, 3.63) is 144 Å². The van der Waals surface area contributed by atoms with Crippen molar-refractivity contribution in [1.29, 1.82) is 0 Å². The lowest BCUT2D eigenvalue weighted by atomic mass is 9.89. The van der Waals surface area contributed by atoms with Gasteiger partial charge in [-0.1, -0.05) is 91.0 Å². The van der Waals surface area contributed by atoms with Gasteiger partial charge >= 0.3 is 0 Å². The summed E-state index contributed by atoms with van der Waals surface area (Å²) in [6, 6.07) is 36.4. The summed E-state index contributed by atoms with van der Waals surface area (Å²) in [5.74, 6) is -0.270. The molecule has 0 radical (unpaired) electrons. The number of anilines is 1. The fourth-order valence-corrected chi connectivity index (χ4v) is 8.17. The van der Waals surface area contributed by atoms with Crippen molar-refractivity contribution >= 4 is 23.0 Å². The molecule has 2 aliphatic heterocycles. The number of thiocarbonyl (C=S) groups is 1. The number of hydrogen-bond acceptors (Lipinski definition) is 8. The first-order valence-corrected chi connectivity index (χ1v) is 18.9. The molecule has 2 heterocycles. The average Bonchev–Trinajstić information content (AvgIpc) is 3.45. The Kier molecular flexibility index (Phi) is 11.6. The third-order valence-corrected chi connectivity index (χ3v) is 11.4. The number of likely N-dealkylation sites (N-methyl/N-ethyl adjacent to an activating group) is 1. The number of halogens is 1. The van der Waals surface area contributed by atoms with Crippen LogP contribution in [0.25, 0.3) is 22.3 Å². The predicted octanol–water partition coefficient (Wildman–Crippen LogP) is 6.43. The predicted molar refractivity (Wildman–Crippen MR) is 213 cm³/mol. The summed E-state index contributed by atoms with van der Waals surface area (Å²) in [5, 5.41) is 64.0. The number of phenolic OH excluding ortho intramolecular Hbond substituents is 1. The maximum absolute atomic E-state index is 13.5. The Bertz CT molecular complexity index is 2070. The van der Waals surface area contributed by atoms with Crippen LogP contribution in [-0.2, 0) is 4.74 Å². The Hall–Kier alpha value is -4.72. The SMILES string of the molecule is CN1C(=S)N(c2ccc(-c3ccccc3)cc2)[C@H](c2ccc(-c3ccc([C@@H]4O[C@H](CO)[C@@H](O)[C@H](O)[C@H]4O)cc3)cc2O)[C@H]1CCC[C@@H](O)c1ccc(F)cc1. The van der Waals surface area contributed by atoms with Crippen molar-refractivity contribution in [2.75, 3.05) is 18.6 Å². The van der Waals surface area contributed by atoms with Crippen LogP contribution in [0.15, 0.2) is 121 Å². The van der Waals surface area contributed by atoms with Gasteiger partial charge in [-0.05, 0) is 95.2 Å². The first kappa shape index (κ1) is 38.6. The molecule has 286 valence electrons. The fraction of sp³-hybridized carbons (Fsp3) is 0.295. The number of aliphatic hydroxyl groups is 5. The number of phenols is 1. The Morgan fingerprint density at radius 3 is 2.04 bits per heavy atom. The molecule has 6 N–H and O–H groups in total. The lowest BCUT2D eigenvalue weighted by molar-refractivity contribution is -0.231. The van der Waals surface area contributed by atoms with Gasteiger partial charge in [0.2, 0.25) is 0 Å². The molecule has 0 saturated carbocycles. The van der Waals surface area contributed by atoms with Gasteiger partial charge in [0.25, 0.3) is 0 Å². The zero-order valence-corrected chi connectivity index (χ0v) is 31.1. The molecule has 5 aromatic carbocycles. The van der Waals surface area contributed by atoms with E-state index in [1.807, 2.05) is 61.6 Å². The van der Waals surface area contributed by atoms with Crippen LogP contribution in [0, 0.1) is 5.82 Å². The summed E-state index contributed by atoms with van der Waals surface area (Å²) in [6.07, 6.45) is -5.27. The number of ether oxygens (including phenoxy) is 1. The molecule has 55 heavy (non-hydrogen) atoms. The number of nitrogens with zero attached hydrogens (tertiary/aromatic N) is 2. The van der Waals surface area contributed by atoms with Gasteiger partial charge in [0.1, 0.15) is 42.1 Å². The molecule has 11 heteroatoms. The molecule has 2 aliphatic rings. The fourth-order valence-electron chi connectivity index (χ4n) is 7.82. The van der Waals surface area contributed by atoms with E-state index in [1.54, 1.807) is 30.3 Å². The van der Waals surface area contributed by atoms with Crippen molar-refractivity contribution in [2.45, 2.75) is 68.0 Å². The van der Waals surface area contributed by atoms with Crippen LogP contribution in [0.3, 0.4) is 0 Å². The monoisotopic (exact) mass is 764 g/mol.